The molecule has 0 amide bonds. The Balaban J connectivity index is 2.12. The molecule has 96 valence electrons. The lowest BCUT2D eigenvalue weighted by atomic mass is 9.87. The van der Waals surface area contributed by atoms with Crippen molar-refractivity contribution in [1.82, 2.24) is 4.98 Å². The van der Waals surface area contributed by atoms with Gasteiger partial charge in [-0.1, -0.05) is 45.0 Å². The maximum absolute atomic E-state index is 5.81. The molecule has 19 heavy (non-hydrogen) atoms. The molecule has 0 saturated carbocycles. The Morgan fingerprint density at radius 2 is 1.68 bits per heavy atom. The molecule has 0 spiro atoms. The molecule has 2 heteroatoms. The zero-order chi connectivity index (χ0) is 13.5. The molecule has 0 N–H and O–H groups in total. The van der Waals surface area contributed by atoms with Crippen molar-refractivity contribution < 1.29 is 4.42 Å². The summed E-state index contributed by atoms with van der Waals surface area (Å²) in [5.41, 5.74) is 4.17. The van der Waals surface area contributed by atoms with Gasteiger partial charge in [-0.3, -0.25) is 0 Å². The number of hydrogen-bond acceptors (Lipinski definition) is 2. The Morgan fingerprint density at radius 3 is 2.37 bits per heavy atom. The van der Waals surface area contributed by atoms with E-state index in [0.29, 0.717) is 5.89 Å². The largest absolute Gasteiger partial charge is 0.436 e. The molecule has 1 heterocycles. The van der Waals surface area contributed by atoms with Crippen LogP contribution < -0.4 is 0 Å². The maximum atomic E-state index is 5.81. The normalized spacial score (nSPS) is 11.9. The average molecular weight is 251 g/mol. The number of aromatic nitrogens is 1. The molecule has 0 aliphatic rings. The van der Waals surface area contributed by atoms with E-state index in [1.807, 2.05) is 36.4 Å². The van der Waals surface area contributed by atoms with Crippen LogP contribution in [-0.4, -0.2) is 4.98 Å². The minimum atomic E-state index is 0.125. The van der Waals surface area contributed by atoms with Crippen molar-refractivity contribution in [1.29, 1.82) is 0 Å². The van der Waals surface area contributed by atoms with Gasteiger partial charge >= 0.3 is 0 Å². The van der Waals surface area contributed by atoms with Crippen LogP contribution in [0, 0.1) is 0 Å². The fourth-order valence-electron chi connectivity index (χ4n) is 2.10. The quantitative estimate of drug-likeness (QED) is 0.621. The zero-order valence-electron chi connectivity index (χ0n) is 11.5. The fraction of sp³-hybridized carbons (Fsp3) is 0.235. The van der Waals surface area contributed by atoms with Gasteiger partial charge in [0.25, 0.3) is 0 Å². The lowest BCUT2D eigenvalue weighted by Crippen LogP contribution is -2.10. The predicted molar refractivity (Wildman–Crippen MR) is 78.1 cm³/mol. The Hall–Kier alpha value is -2.09. The molecule has 1 aromatic heterocycles. The second kappa shape index (κ2) is 4.23. The molecule has 0 radical (unpaired) electrons. The van der Waals surface area contributed by atoms with Gasteiger partial charge in [0.15, 0.2) is 5.58 Å². The van der Waals surface area contributed by atoms with Crippen molar-refractivity contribution in [2.75, 3.05) is 0 Å². The summed E-state index contributed by atoms with van der Waals surface area (Å²) in [6, 6.07) is 16.2. The van der Waals surface area contributed by atoms with Gasteiger partial charge in [0.2, 0.25) is 5.89 Å². The van der Waals surface area contributed by atoms with Gasteiger partial charge in [0.1, 0.15) is 5.52 Å². The van der Waals surface area contributed by atoms with Crippen LogP contribution in [0.5, 0.6) is 0 Å². The first kappa shape index (κ1) is 12.0. The Kier molecular flexibility index (Phi) is 2.67. The minimum absolute atomic E-state index is 0.125. The number of rotatable bonds is 1. The summed E-state index contributed by atoms with van der Waals surface area (Å²) >= 11 is 0. The average Bonchev–Trinajstić information content (AvgIpc) is 2.81. The lowest BCUT2D eigenvalue weighted by Gasteiger charge is -2.18. The van der Waals surface area contributed by atoms with Gasteiger partial charge in [-0.25, -0.2) is 4.98 Å². The summed E-state index contributed by atoms with van der Waals surface area (Å²) in [6.07, 6.45) is 0. The second-order valence-corrected chi connectivity index (χ2v) is 5.82. The molecule has 0 unspecified atom stereocenters. The highest BCUT2D eigenvalue weighted by Gasteiger charge is 2.16. The smallest absolute Gasteiger partial charge is 0.227 e. The van der Waals surface area contributed by atoms with E-state index >= 15 is 0 Å². The van der Waals surface area contributed by atoms with Crippen LogP contribution in [0.4, 0.5) is 0 Å². The molecule has 2 aromatic carbocycles. The van der Waals surface area contributed by atoms with Crippen molar-refractivity contribution in [3.05, 3.63) is 54.1 Å². The standard InChI is InChI=1S/C17H17NO/c1-17(2,3)13-9-10-15-14(11-13)18-16(19-15)12-7-5-4-6-8-12/h4-11H,1-3H3. The molecule has 3 rings (SSSR count). The van der Waals surface area contributed by atoms with Crippen LogP contribution in [0.3, 0.4) is 0 Å². The number of nitrogens with zero attached hydrogens (tertiary/aromatic N) is 1. The van der Waals surface area contributed by atoms with E-state index < -0.39 is 0 Å². The van der Waals surface area contributed by atoms with Crippen LogP contribution >= 0.6 is 0 Å². The second-order valence-electron chi connectivity index (χ2n) is 5.82. The predicted octanol–water partition coefficient (Wildman–Crippen LogP) is 4.79. The topological polar surface area (TPSA) is 26.0 Å². The van der Waals surface area contributed by atoms with Crippen LogP contribution in [0.15, 0.2) is 52.9 Å². The van der Waals surface area contributed by atoms with E-state index in [0.717, 1.165) is 16.7 Å². The van der Waals surface area contributed by atoms with Crippen molar-refractivity contribution in [3.63, 3.8) is 0 Å². The summed E-state index contributed by atoms with van der Waals surface area (Å²) in [5.74, 6) is 0.682. The number of oxazole rings is 1. The third-order valence-corrected chi connectivity index (χ3v) is 3.27. The van der Waals surface area contributed by atoms with E-state index in [1.165, 1.54) is 5.56 Å². The van der Waals surface area contributed by atoms with Crippen molar-refractivity contribution >= 4 is 11.1 Å². The minimum Gasteiger partial charge on any atom is -0.436 e. The summed E-state index contributed by atoms with van der Waals surface area (Å²) < 4.78 is 5.81. The molecule has 0 atom stereocenters. The van der Waals surface area contributed by atoms with Gasteiger partial charge in [-0.05, 0) is 35.2 Å². The first-order chi connectivity index (χ1) is 9.04. The van der Waals surface area contributed by atoms with Crippen LogP contribution in [0.2, 0.25) is 0 Å². The summed E-state index contributed by atoms with van der Waals surface area (Å²) in [4.78, 5) is 4.59. The Labute approximate surface area is 113 Å². The molecular weight excluding hydrogens is 234 g/mol. The van der Waals surface area contributed by atoms with Crippen LogP contribution in [0.1, 0.15) is 26.3 Å². The summed E-state index contributed by atoms with van der Waals surface area (Å²) in [5, 5.41) is 0. The Bertz CT molecular complexity index is 705. The third kappa shape index (κ3) is 2.26. The van der Waals surface area contributed by atoms with Gasteiger partial charge in [0, 0.05) is 5.56 Å². The summed E-state index contributed by atoms with van der Waals surface area (Å²) in [7, 11) is 0. The van der Waals surface area contributed by atoms with E-state index in [2.05, 4.69) is 37.9 Å². The number of hydrogen-bond donors (Lipinski definition) is 0. The molecule has 2 nitrogen and oxygen atoms in total. The molecule has 3 aromatic rings. The van der Waals surface area contributed by atoms with E-state index in [4.69, 9.17) is 4.42 Å². The van der Waals surface area contributed by atoms with E-state index in [9.17, 15) is 0 Å². The van der Waals surface area contributed by atoms with Crippen molar-refractivity contribution in [2.45, 2.75) is 26.2 Å². The first-order valence-electron chi connectivity index (χ1n) is 6.50. The fourth-order valence-corrected chi connectivity index (χ4v) is 2.10. The van der Waals surface area contributed by atoms with Crippen LogP contribution in [0.25, 0.3) is 22.6 Å². The zero-order valence-corrected chi connectivity index (χ0v) is 11.5. The highest BCUT2D eigenvalue weighted by atomic mass is 16.3. The highest BCUT2D eigenvalue weighted by molar-refractivity contribution is 5.77. The molecule has 0 aliphatic heterocycles. The SMILES string of the molecule is CC(C)(C)c1ccc2oc(-c3ccccc3)nc2c1. The van der Waals surface area contributed by atoms with Crippen molar-refractivity contribution in [2.24, 2.45) is 0 Å². The van der Waals surface area contributed by atoms with Gasteiger partial charge in [0.05, 0.1) is 0 Å². The molecule has 0 saturated heterocycles. The molecule has 0 bridgehead atoms. The lowest BCUT2D eigenvalue weighted by molar-refractivity contribution is 0.590. The van der Waals surface area contributed by atoms with Crippen molar-refractivity contribution in [3.8, 4) is 11.5 Å². The Morgan fingerprint density at radius 1 is 0.947 bits per heavy atom. The molecule has 0 fully saturated rings. The monoisotopic (exact) mass is 251 g/mol. The summed E-state index contributed by atoms with van der Waals surface area (Å²) in [6.45, 7) is 6.60. The maximum Gasteiger partial charge on any atom is 0.227 e. The number of benzene rings is 2. The molecular formula is C17H17NO. The van der Waals surface area contributed by atoms with Gasteiger partial charge in [-0.15, -0.1) is 0 Å². The van der Waals surface area contributed by atoms with E-state index in [1.54, 1.807) is 0 Å². The molecule has 0 aliphatic carbocycles. The van der Waals surface area contributed by atoms with Crippen LogP contribution in [-0.2, 0) is 5.41 Å². The van der Waals surface area contributed by atoms with Gasteiger partial charge < -0.3 is 4.42 Å². The first-order valence-corrected chi connectivity index (χ1v) is 6.50. The number of fused-ring (bicyclic) bond motifs is 1. The van der Waals surface area contributed by atoms with E-state index in [-0.39, 0.29) is 5.41 Å². The highest BCUT2D eigenvalue weighted by Crippen LogP contribution is 2.28. The van der Waals surface area contributed by atoms with Gasteiger partial charge in [-0.2, -0.15) is 0 Å². The third-order valence-electron chi connectivity index (χ3n) is 3.27.